The molecule has 3 aromatic carbocycles. The summed E-state index contributed by atoms with van der Waals surface area (Å²) in [6.07, 6.45) is 0. The molecule has 1 amide bonds. The molecule has 8 heteroatoms. The molecule has 0 aliphatic carbocycles. The van der Waals surface area contributed by atoms with Crippen molar-refractivity contribution in [2.75, 3.05) is 11.9 Å². The number of benzene rings is 3. The highest BCUT2D eigenvalue weighted by molar-refractivity contribution is 7.89. The van der Waals surface area contributed by atoms with E-state index in [1.165, 1.54) is 18.2 Å². The summed E-state index contributed by atoms with van der Waals surface area (Å²) >= 11 is 6.23. The highest BCUT2D eigenvalue weighted by Gasteiger charge is 2.20. The molecule has 32 heavy (non-hydrogen) atoms. The quantitative estimate of drug-likeness (QED) is 0.482. The Morgan fingerprint density at radius 1 is 1.03 bits per heavy atom. The number of aryl methyl sites for hydroxylation is 2. The molecule has 0 aromatic heterocycles. The van der Waals surface area contributed by atoms with Crippen LogP contribution in [0.2, 0.25) is 5.02 Å². The maximum absolute atomic E-state index is 12.7. The highest BCUT2D eigenvalue weighted by Crippen LogP contribution is 2.28. The van der Waals surface area contributed by atoms with Crippen molar-refractivity contribution in [3.8, 4) is 5.75 Å². The summed E-state index contributed by atoms with van der Waals surface area (Å²) in [6.45, 7) is 5.35. The molecule has 0 heterocycles. The van der Waals surface area contributed by atoms with Crippen LogP contribution in [-0.2, 0) is 14.8 Å². The first-order valence-corrected chi connectivity index (χ1v) is 11.9. The van der Waals surface area contributed by atoms with Crippen molar-refractivity contribution in [1.29, 1.82) is 0 Å². The van der Waals surface area contributed by atoms with Gasteiger partial charge in [0.25, 0.3) is 5.91 Å². The number of hydrogen-bond donors (Lipinski definition) is 2. The molecule has 0 radical (unpaired) electrons. The summed E-state index contributed by atoms with van der Waals surface area (Å²) in [5, 5.41) is 2.90. The van der Waals surface area contributed by atoms with Crippen LogP contribution < -0.4 is 14.8 Å². The summed E-state index contributed by atoms with van der Waals surface area (Å²) in [7, 11) is -3.80. The lowest BCUT2D eigenvalue weighted by Gasteiger charge is -2.15. The first kappa shape index (κ1) is 23.8. The molecule has 2 N–H and O–H groups in total. The van der Waals surface area contributed by atoms with Gasteiger partial charge in [-0.15, -0.1) is 0 Å². The van der Waals surface area contributed by atoms with Crippen molar-refractivity contribution in [2.24, 2.45) is 0 Å². The van der Waals surface area contributed by atoms with Crippen molar-refractivity contribution in [3.63, 3.8) is 0 Å². The minimum atomic E-state index is -3.80. The normalized spacial score (nSPS) is 12.2. The maximum Gasteiger partial charge on any atom is 0.262 e. The fourth-order valence-corrected chi connectivity index (χ4v) is 4.63. The average molecular weight is 473 g/mol. The van der Waals surface area contributed by atoms with Crippen molar-refractivity contribution in [3.05, 3.63) is 88.4 Å². The molecular weight excluding hydrogens is 448 g/mol. The van der Waals surface area contributed by atoms with Crippen LogP contribution in [0.3, 0.4) is 0 Å². The van der Waals surface area contributed by atoms with E-state index in [2.05, 4.69) is 10.0 Å². The van der Waals surface area contributed by atoms with Crippen LogP contribution in [0.1, 0.15) is 29.7 Å². The van der Waals surface area contributed by atoms with Gasteiger partial charge in [-0.05, 0) is 61.7 Å². The van der Waals surface area contributed by atoms with E-state index in [0.717, 1.165) is 16.7 Å². The van der Waals surface area contributed by atoms with E-state index >= 15 is 0 Å². The van der Waals surface area contributed by atoms with Crippen LogP contribution in [0.5, 0.6) is 5.75 Å². The lowest BCUT2D eigenvalue weighted by atomic mass is 10.1. The van der Waals surface area contributed by atoms with Gasteiger partial charge < -0.3 is 10.1 Å². The summed E-state index contributed by atoms with van der Waals surface area (Å²) < 4.78 is 33.6. The second kappa shape index (κ2) is 10.2. The zero-order valence-electron chi connectivity index (χ0n) is 18.1. The standard InChI is InChI=1S/C24H25ClN2O4S/c1-16-9-10-17(2)22(13-16)26-24(28)15-31-23-12-11-20(14-21(23)25)32(29,30)27-18(3)19-7-5-4-6-8-19/h4-14,18,27H,15H2,1-3H3,(H,26,28)/t18-/m0/s1. The molecule has 3 aromatic rings. The number of rotatable bonds is 8. The van der Waals surface area contributed by atoms with Gasteiger partial charge in [0.2, 0.25) is 10.0 Å². The second-order valence-corrected chi connectivity index (χ2v) is 9.62. The minimum absolute atomic E-state index is 0.0115. The van der Waals surface area contributed by atoms with Gasteiger partial charge in [0.15, 0.2) is 6.61 Å². The summed E-state index contributed by atoms with van der Waals surface area (Å²) in [4.78, 5) is 12.3. The van der Waals surface area contributed by atoms with Gasteiger partial charge in [-0.3, -0.25) is 4.79 Å². The molecule has 168 valence electrons. The summed E-state index contributed by atoms with van der Waals surface area (Å²) in [5.41, 5.74) is 3.53. The van der Waals surface area contributed by atoms with Crippen LogP contribution in [-0.4, -0.2) is 20.9 Å². The molecule has 0 saturated heterocycles. The molecule has 3 rings (SSSR count). The van der Waals surface area contributed by atoms with Gasteiger partial charge in [0, 0.05) is 11.7 Å². The Balaban J connectivity index is 1.64. The van der Waals surface area contributed by atoms with E-state index in [-0.39, 0.29) is 28.2 Å². The number of halogens is 1. The number of amides is 1. The van der Waals surface area contributed by atoms with Crippen LogP contribution in [0.15, 0.2) is 71.6 Å². The van der Waals surface area contributed by atoms with Crippen LogP contribution in [0.4, 0.5) is 5.69 Å². The Labute approximate surface area is 193 Å². The predicted octanol–water partition coefficient (Wildman–Crippen LogP) is 5.01. The molecule has 1 atom stereocenters. The topological polar surface area (TPSA) is 84.5 Å². The minimum Gasteiger partial charge on any atom is -0.482 e. The molecule has 6 nitrogen and oxygen atoms in total. The van der Waals surface area contributed by atoms with E-state index in [1.54, 1.807) is 6.92 Å². The fraction of sp³-hybridized carbons (Fsp3) is 0.208. The lowest BCUT2D eigenvalue weighted by Crippen LogP contribution is -2.27. The second-order valence-electron chi connectivity index (χ2n) is 7.50. The summed E-state index contributed by atoms with van der Waals surface area (Å²) in [5.74, 6) is -0.123. The Morgan fingerprint density at radius 3 is 2.44 bits per heavy atom. The van der Waals surface area contributed by atoms with E-state index in [1.807, 2.05) is 62.4 Å². The smallest absolute Gasteiger partial charge is 0.262 e. The van der Waals surface area contributed by atoms with Crippen LogP contribution in [0, 0.1) is 13.8 Å². The highest BCUT2D eigenvalue weighted by atomic mass is 35.5. The SMILES string of the molecule is Cc1ccc(C)c(NC(=O)COc2ccc(S(=O)(=O)N[C@@H](C)c3ccccc3)cc2Cl)c1. The number of sulfonamides is 1. The first-order valence-electron chi connectivity index (χ1n) is 10.0. The third kappa shape index (κ3) is 6.09. The number of carbonyl (C=O) groups excluding carboxylic acids is 1. The van der Waals surface area contributed by atoms with Crippen LogP contribution in [0.25, 0.3) is 0 Å². The maximum atomic E-state index is 12.7. The third-order valence-electron chi connectivity index (χ3n) is 4.87. The Morgan fingerprint density at radius 2 is 1.75 bits per heavy atom. The van der Waals surface area contributed by atoms with Crippen molar-refractivity contribution < 1.29 is 17.9 Å². The molecule has 0 aliphatic rings. The molecular formula is C24H25ClN2O4S. The Hall–Kier alpha value is -2.87. The summed E-state index contributed by atoms with van der Waals surface area (Å²) in [6, 6.07) is 18.7. The van der Waals surface area contributed by atoms with Crippen LogP contribution >= 0.6 is 11.6 Å². The van der Waals surface area contributed by atoms with Gasteiger partial charge in [-0.2, -0.15) is 0 Å². The number of carbonyl (C=O) groups is 1. The first-order chi connectivity index (χ1) is 15.2. The van der Waals surface area contributed by atoms with Crippen molar-refractivity contribution >= 4 is 33.2 Å². The number of anilines is 1. The van der Waals surface area contributed by atoms with Gasteiger partial charge in [0.1, 0.15) is 5.75 Å². The predicted molar refractivity (Wildman–Crippen MR) is 127 cm³/mol. The Kier molecular flexibility index (Phi) is 7.56. The third-order valence-corrected chi connectivity index (χ3v) is 6.70. The molecule has 0 spiro atoms. The number of hydrogen-bond acceptors (Lipinski definition) is 4. The largest absolute Gasteiger partial charge is 0.482 e. The molecule has 0 saturated carbocycles. The number of nitrogens with one attached hydrogen (secondary N) is 2. The van der Waals surface area contributed by atoms with Gasteiger partial charge in [-0.25, -0.2) is 13.1 Å². The van der Waals surface area contributed by atoms with Gasteiger partial charge in [0.05, 0.1) is 9.92 Å². The van der Waals surface area contributed by atoms with E-state index in [9.17, 15) is 13.2 Å². The van der Waals surface area contributed by atoms with Crippen molar-refractivity contribution in [2.45, 2.75) is 31.7 Å². The van der Waals surface area contributed by atoms with E-state index < -0.39 is 16.1 Å². The average Bonchev–Trinajstić information content (AvgIpc) is 2.75. The lowest BCUT2D eigenvalue weighted by molar-refractivity contribution is -0.118. The molecule has 0 aliphatic heterocycles. The molecule has 0 fully saturated rings. The zero-order valence-corrected chi connectivity index (χ0v) is 19.6. The number of ether oxygens (including phenoxy) is 1. The fourth-order valence-electron chi connectivity index (χ4n) is 3.08. The molecule has 0 bridgehead atoms. The Bertz CT molecular complexity index is 1210. The van der Waals surface area contributed by atoms with Gasteiger partial charge in [-0.1, -0.05) is 54.1 Å². The van der Waals surface area contributed by atoms with E-state index in [4.69, 9.17) is 16.3 Å². The zero-order chi connectivity index (χ0) is 23.3. The monoisotopic (exact) mass is 472 g/mol. The van der Waals surface area contributed by atoms with Gasteiger partial charge >= 0.3 is 0 Å². The molecule has 0 unspecified atom stereocenters. The van der Waals surface area contributed by atoms with Crippen molar-refractivity contribution in [1.82, 2.24) is 4.72 Å². The van der Waals surface area contributed by atoms with E-state index in [0.29, 0.717) is 5.69 Å².